The lowest BCUT2D eigenvalue weighted by atomic mass is 10.3. The molecule has 3 rings (SSSR count). The van der Waals surface area contributed by atoms with E-state index in [4.69, 9.17) is 10.5 Å². The van der Waals surface area contributed by atoms with Crippen LogP contribution in [-0.4, -0.2) is 14.6 Å². The zero-order valence-corrected chi connectivity index (χ0v) is 10.3. The van der Waals surface area contributed by atoms with Crippen molar-refractivity contribution in [3.8, 4) is 12.1 Å². The van der Waals surface area contributed by atoms with Crippen molar-refractivity contribution in [1.82, 2.24) is 14.6 Å². The summed E-state index contributed by atoms with van der Waals surface area (Å²) in [7, 11) is 0. The normalized spacial score (nSPS) is 10.0. The van der Waals surface area contributed by atoms with E-state index in [2.05, 4.69) is 15.4 Å². The SMILES string of the molecule is N#Cc1nc2sc(Nc3ccccc3)nn2c1C#N. The Hall–Kier alpha value is -2.90. The van der Waals surface area contributed by atoms with Gasteiger partial charge in [-0.1, -0.05) is 29.5 Å². The van der Waals surface area contributed by atoms with Crippen LogP contribution in [0.15, 0.2) is 30.3 Å². The second kappa shape index (κ2) is 4.41. The molecular formula is C12H6N6S. The molecule has 0 radical (unpaired) electrons. The average Bonchev–Trinajstić information content (AvgIpc) is 2.95. The largest absolute Gasteiger partial charge is 0.330 e. The van der Waals surface area contributed by atoms with E-state index in [1.54, 1.807) is 0 Å². The van der Waals surface area contributed by atoms with E-state index in [0.29, 0.717) is 10.1 Å². The van der Waals surface area contributed by atoms with Gasteiger partial charge in [0, 0.05) is 5.69 Å². The van der Waals surface area contributed by atoms with Crippen molar-refractivity contribution in [2.75, 3.05) is 5.32 Å². The fourth-order valence-electron chi connectivity index (χ4n) is 1.62. The molecule has 0 aliphatic heterocycles. The van der Waals surface area contributed by atoms with Gasteiger partial charge >= 0.3 is 0 Å². The highest BCUT2D eigenvalue weighted by Gasteiger charge is 2.15. The van der Waals surface area contributed by atoms with Gasteiger partial charge in [0.1, 0.15) is 12.1 Å². The minimum absolute atomic E-state index is 0.104. The first-order valence-electron chi connectivity index (χ1n) is 5.33. The highest BCUT2D eigenvalue weighted by Crippen LogP contribution is 2.24. The zero-order chi connectivity index (χ0) is 13.2. The fourth-order valence-corrected chi connectivity index (χ4v) is 2.44. The number of para-hydroxylation sites is 1. The third-order valence-corrected chi connectivity index (χ3v) is 3.26. The van der Waals surface area contributed by atoms with Crippen LogP contribution in [0.2, 0.25) is 0 Å². The first-order valence-corrected chi connectivity index (χ1v) is 6.15. The molecule has 0 saturated carbocycles. The summed E-state index contributed by atoms with van der Waals surface area (Å²) in [5.41, 5.74) is 1.17. The summed E-state index contributed by atoms with van der Waals surface area (Å²) in [5.74, 6) is 0. The Labute approximate surface area is 112 Å². The second-order valence-corrected chi connectivity index (χ2v) is 4.58. The van der Waals surface area contributed by atoms with E-state index in [-0.39, 0.29) is 11.4 Å². The Morgan fingerprint density at radius 2 is 1.95 bits per heavy atom. The number of nitrogens with one attached hydrogen (secondary N) is 1. The molecule has 1 N–H and O–H groups in total. The summed E-state index contributed by atoms with van der Waals surface area (Å²) in [5, 5.41) is 25.9. The van der Waals surface area contributed by atoms with Crippen molar-refractivity contribution in [1.29, 1.82) is 10.5 Å². The summed E-state index contributed by atoms with van der Waals surface area (Å²) in [4.78, 5) is 4.58. The van der Waals surface area contributed by atoms with Crippen LogP contribution in [0.5, 0.6) is 0 Å². The van der Waals surface area contributed by atoms with E-state index in [1.165, 1.54) is 15.9 Å². The number of aromatic nitrogens is 3. The Morgan fingerprint density at radius 1 is 1.16 bits per heavy atom. The summed E-state index contributed by atoms with van der Waals surface area (Å²) in [6, 6.07) is 13.4. The zero-order valence-electron chi connectivity index (χ0n) is 9.53. The molecule has 2 aromatic heterocycles. The highest BCUT2D eigenvalue weighted by atomic mass is 32.1. The van der Waals surface area contributed by atoms with Gasteiger partial charge in [0.25, 0.3) is 0 Å². The number of nitrogens with zero attached hydrogens (tertiary/aromatic N) is 5. The summed E-state index contributed by atoms with van der Waals surface area (Å²) < 4.78 is 1.38. The van der Waals surface area contributed by atoms with Gasteiger partial charge in [0.05, 0.1) is 0 Å². The molecule has 90 valence electrons. The van der Waals surface area contributed by atoms with Crippen LogP contribution in [0.3, 0.4) is 0 Å². The smallest absolute Gasteiger partial charge is 0.216 e. The molecule has 0 atom stereocenters. The number of hydrogen-bond acceptors (Lipinski definition) is 6. The van der Waals surface area contributed by atoms with Gasteiger partial charge in [-0.15, -0.1) is 5.10 Å². The molecule has 2 heterocycles. The maximum atomic E-state index is 9.02. The van der Waals surface area contributed by atoms with Crippen LogP contribution in [-0.2, 0) is 0 Å². The van der Waals surface area contributed by atoms with Gasteiger partial charge in [-0.05, 0) is 12.1 Å². The van der Waals surface area contributed by atoms with Crippen molar-refractivity contribution in [2.45, 2.75) is 0 Å². The van der Waals surface area contributed by atoms with E-state index in [1.807, 2.05) is 42.5 Å². The van der Waals surface area contributed by atoms with Crippen molar-refractivity contribution < 1.29 is 0 Å². The number of fused-ring (bicyclic) bond motifs is 1. The Morgan fingerprint density at radius 3 is 2.63 bits per heavy atom. The molecule has 0 fully saturated rings. The van der Waals surface area contributed by atoms with Gasteiger partial charge in [0.2, 0.25) is 10.1 Å². The van der Waals surface area contributed by atoms with Gasteiger partial charge in [0.15, 0.2) is 11.4 Å². The number of hydrogen-bond donors (Lipinski definition) is 1. The molecule has 0 aliphatic rings. The molecule has 19 heavy (non-hydrogen) atoms. The van der Waals surface area contributed by atoms with Crippen LogP contribution in [0.25, 0.3) is 4.96 Å². The van der Waals surface area contributed by atoms with E-state index >= 15 is 0 Å². The quantitative estimate of drug-likeness (QED) is 0.768. The molecule has 0 unspecified atom stereocenters. The lowest BCUT2D eigenvalue weighted by molar-refractivity contribution is 0.958. The molecule has 0 spiro atoms. The van der Waals surface area contributed by atoms with Gasteiger partial charge in [-0.25, -0.2) is 4.98 Å². The highest BCUT2D eigenvalue weighted by molar-refractivity contribution is 7.20. The van der Waals surface area contributed by atoms with Crippen molar-refractivity contribution in [3.63, 3.8) is 0 Å². The average molecular weight is 266 g/mol. The summed E-state index contributed by atoms with van der Waals surface area (Å²) in [6.07, 6.45) is 0. The van der Waals surface area contributed by atoms with Crippen LogP contribution in [0, 0.1) is 22.7 Å². The Kier molecular flexibility index (Phi) is 2.60. The van der Waals surface area contributed by atoms with Crippen molar-refractivity contribution in [3.05, 3.63) is 41.7 Å². The monoisotopic (exact) mass is 266 g/mol. The molecule has 6 nitrogen and oxygen atoms in total. The topological polar surface area (TPSA) is 89.8 Å². The van der Waals surface area contributed by atoms with Gasteiger partial charge in [-0.3, -0.25) is 0 Å². The number of anilines is 2. The van der Waals surface area contributed by atoms with Crippen molar-refractivity contribution in [2.24, 2.45) is 0 Å². The van der Waals surface area contributed by atoms with Gasteiger partial charge in [-0.2, -0.15) is 15.0 Å². The maximum Gasteiger partial charge on any atom is 0.216 e. The number of benzene rings is 1. The first kappa shape index (κ1) is 11.2. The molecule has 1 aromatic carbocycles. The van der Waals surface area contributed by atoms with Gasteiger partial charge < -0.3 is 5.32 Å². The minimum Gasteiger partial charge on any atom is -0.330 e. The van der Waals surface area contributed by atoms with E-state index in [0.717, 1.165) is 5.69 Å². The third kappa shape index (κ3) is 1.88. The molecule has 7 heteroatoms. The molecule has 0 aliphatic carbocycles. The van der Waals surface area contributed by atoms with Crippen LogP contribution < -0.4 is 5.32 Å². The lowest BCUT2D eigenvalue weighted by Gasteiger charge is -1.99. The summed E-state index contributed by atoms with van der Waals surface area (Å²) in [6.45, 7) is 0. The maximum absolute atomic E-state index is 9.02. The third-order valence-electron chi connectivity index (χ3n) is 2.44. The molecular weight excluding hydrogens is 260 g/mol. The lowest BCUT2D eigenvalue weighted by Crippen LogP contribution is -1.94. The van der Waals surface area contributed by atoms with Crippen LogP contribution >= 0.6 is 11.3 Å². The second-order valence-electron chi connectivity index (χ2n) is 3.63. The minimum atomic E-state index is 0.104. The predicted octanol–water partition coefficient (Wildman–Crippen LogP) is 2.28. The molecule has 0 bridgehead atoms. The Balaban J connectivity index is 2.02. The Bertz CT molecular complexity index is 818. The molecule has 0 amide bonds. The first-order chi connectivity index (χ1) is 9.31. The standard InChI is InChI=1S/C12H6N6S/c13-6-9-10(7-14)18-12(16-9)19-11(17-18)15-8-4-2-1-3-5-8/h1-5H,(H,15,17). The van der Waals surface area contributed by atoms with Crippen LogP contribution in [0.4, 0.5) is 10.8 Å². The molecule has 0 saturated heterocycles. The number of imidazole rings is 1. The number of rotatable bonds is 2. The predicted molar refractivity (Wildman–Crippen MR) is 70.0 cm³/mol. The summed E-state index contributed by atoms with van der Waals surface area (Å²) >= 11 is 1.29. The molecule has 3 aromatic rings. The van der Waals surface area contributed by atoms with E-state index < -0.39 is 0 Å². The van der Waals surface area contributed by atoms with Crippen LogP contribution in [0.1, 0.15) is 11.4 Å². The fraction of sp³-hybridized carbons (Fsp3) is 0. The number of nitriles is 2. The van der Waals surface area contributed by atoms with Crippen molar-refractivity contribution >= 4 is 27.1 Å². The van der Waals surface area contributed by atoms with E-state index in [9.17, 15) is 0 Å².